The molecule has 0 heterocycles. The van der Waals surface area contributed by atoms with Crippen LogP contribution in [0.15, 0.2) is 36.9 Å². The first-order valence-corrected chi connectivity index (χ1v) is 6.90. The molecule has 18 heavy (non-hydrogen) atoms. The SMILES string of the molecule is C=CCOc1ccccc1CNC1CC1CCC. The average molecular weight is 245 g/mol. The lowest BCUT2D eigenvalue weighted by atomic mass is 10.2. The van der Waals surface area contributed by atoms with Crippen LogP contribution in [0.25, 0.3) is 0 Å². The second-order valence-electron chi connectivity index (χ2n) is 4.98. The van der Waals surface area contributed by atoms with Gasteiger partial charge in [-0.1, -0.05) is 44.2 Å². The summed E-state index contributed by atoms with van der Waals surface area (Å²) < 4.78 is 5.66. The zero-order valence-corrected chi connectivity index (χ0v) is 11.2. The number of benzene rings is 1. The standard InChI is InChI=1S/C16H23NO/c1-3-7-13-11-15(13)17-12-14-8-5-6-9-16(14)18-10-4-2/h4-6,8-9,13,15,17H,2-3,7,10-12H2,1H3. The summed E-state index contributed by atoms with van der Waals surface area (Å²) >= 11 is 0. The average Bonchev–Trinajstić information content (AvgIpc) is 3.14. The zero-order chi connectivity index (χ0) is 12.8. The fraction of sp³-hybridized carbons (Fsp3) is 0.500. The molecule has 0 aliphatic heterocycles. The number of ether oxygens (including phenoxy) is 1. The predicted octanol–water partition coefficient (Wildman–Crippen LogP) is 3.53. The van der Waals surface area contributed by atoms with Crippen molar-refractivity contribution >= 4 is 0 Å². The highest BCUT2D eigenvalue weighted by Gasteiger charge is 2.35. The molecule has 0 amide bonds. The molecule has 0 saturated heterocycles. The number of hydrogen-bond acceptors (Lipinski definition) is 2. The van der Waals surface area contributed by atoms with Crippen molar-refractivity contribution in [2.45, 2.75) is 38.8 Å². The van der Waals surface area contributed by atoms with Gasteiger partial charge in [0.1, 0.15) is 12.4 Å². The van der Waals surface area contributed by atoms with Gasteiger partial charge in [0.05, 0.1) is 0 Å². The van der Waals surface area contributed by atoms with Crippen molar-refractivity contribution in [2.75, 3.05) is 6.61 Å². The van der Waals surface area contributed by atoms with Crippen molar-refractivity contribution in [2.24, 2.45) is 5.92 Å². The van der Waals surface area contributed by atoms with Gasteiger partial charge in [-0.2, -0.15) is 0 Å². The summed E-state index contributed by atoms with van der Waals surface area (Å²) in [7, 11) is 0. The maximum Gasteiger partial charge on any atom is 0.124 e. The van der Waals surface area contributed by atoms with Gasteiger partial charge in [-0.15, -0.1) is 0 Å². The molecule has 1 aliphatic rings. The summed E-state index contributed by atoms with van der Waals surface area (Å²) in [5.74, 6) is 1.87. The molecule has 1 saturated carbocycles. The van der Waals surface area contributed by atoms with E-state index >= 15 is 0 Å². The molecule has 1 N–H and O–H groups in total. The molecule has 1 aromatic carbocycles. The highest BCUT2D eigenvalue weighted by atomic mass is 16.5. The first kappa shape index (κ1) is 13.2. The van der Waals surface area contributed by atoms with Gasteiger partial charge in [0.25, 0.3) is 0 Å². The third-order valence-electron chi connectivity index (χ3n) is 3.47. The van der Waals surface area contributed by atoms with Crippen LogP contribution in [-0.4, -0.2) is 12.6 Å². The molecular weight excluding hydrogens is 222 g/mol. The summed E-state index contributed by atoms with van der Waals surface area (Å²) in [6.07, 6.45) is 5.76. The maximum absolute atomic E-state index is 5.66. The Morgan fingerprint density at radius 1 is 1.44 bits per heavy atom. The lowest BCUT2D eigenvalue weighted by molar-refractivity contribution is 0.357. The van der Waals surface area contributed by atoms with Crippen molar-refractivity contribution in [3.05, 3.63) is 42.5 Å². The molecule has 1 aromatic rings. The molecule has 1 aliphatic carbocycles. The van der Waals surface area contributed by atoms with Crippen LogP contribution in [0.4, 0.5) is 0 Å². The molecule has 2 unspecified atom stereocenters. The maximum atomic E-state index is 5.66. The van der Waals surface area contributed by atoms with E-state index in [9.17, 15) is 0 Å². The van der Waals surface area contributed by atoms with Gasteiger partial charge in [-0.25, -0.2) is 0 Å². The van der Waals surface area contributed by atoms with Gasteiger partial charge in [0, 0.05) is 18.2 Å². The molecule has 0 radical (unpaired) electrons. The third kappa shape index (κ3) is 3.61. The summed E-state index contributed by atoms with van der Waals surface area (Å²) in [5.41, 5.74) is 1.24. The quantitative estimate of drug-likeness (QED) is 0.707. The second-order valence-corrected chi connectivity index (χ2v) is 4.98. The van der Waals surface area contributed by atoms with E-state index in [0.29, 0.717) is 6.61 Å². The number of hydrogen-bond donors (Lipinski definition) is 1. The van der Waals surface area contributed by atoms with Crippen LogP contribution < -0.4 is 10.1 Å². The van der Waals surface area contributed by atoms with E-state index in [0.717, 1.165) is 24.3 Å². The van der Waals surface area contributed by atoms with Gasteiger partial charge in [-0.3, -0.25) is 0 Å². The van der Waals surface area contributed by atoms with Crippen LogP contribution in [0.5, 0.6) is 5.75 Å². The number of para-hydroxylation sites is 1. The monoisotopic (exact) mass is 245 g/mol. The lowest BCUT2D eigenvalue weighted by Gasteiger charge is -2.10. The molecule has 98 valence electrons. The Labute approximate surface area is 110 Å². The van der Waals surface area contributed by atoms with E-state index in [2.05, 4.69) is 31.0 Å². The van der Waals surface area contributed by atoms with Gasteiger partial charge < -0.3 is 10.1 Å². The van der Waals surface area contributed by atoms with Gasteiger partial charge in [0.15, 0.2) is 0 Å². The number of nitrogens with one attached hydrogen (secondary N) is 1. The van der Waals surface area contributed by atoms with Crippen LogP contribution in [0.2, 0.25) is 0 Å². The minimum atomic E-state index is 0.568. The van der Waals surface area contributed by atoms with Gasteiger partial charge in [0.2, 0.25) is 0 Å². The van der Waals surface area contributed by atoms with Crippen molar-refractivity contribution < 1.29 is 4.74 Å². The first-order valence-electron chi connectivity index (χ1n) is 6.90. The van der Waals surface area contributed by atoms with Gasteiger partial charge >= 0.3 is 0 Å². The molecule has 0 aromatic heterocycles. The van der Waals surface area contributed by atoms with E-state index < -0.39 is 0 Å². The van der Waals surface area contributed by atoms with Crippen LogP contribution in [0.3, 0.4) is 0 Å². The first-order chi connectivity index (χ1) is 8.85. The molecule has 2 nitrogen and oxygen atoms in total. The highest BCUT2D eigenvalue weighted by molar-refractivity contribution is 5.33. The molecule has 0 spiro atoms. The second kappa shape index (κ2) is 6.60. The number of rotatable bonds is 8. The van der Waals surface area contributed by atoms with Crippen molar-refractivity contribution in [1.29, 1.82) is 0 Å². The molecular formula is C16H23NO. The minimum absolute atomic E-state index is 0.568. The Morgan fingerprint density at radius 3 is 3.06 bits per heavy atom. The summed E-state index contributed by atoms with van der Waals surface area (Å²) in [5, 5.41) is 3.62. The summed E-state index contributed by atoms with van der Waals surface area (Å²) in [6.45, 7) is 7.41. The van der Waals surface area contributed by atoms with E-state index in [1.165, 1.54) is 24.8 Å². The Bertz CT molecular complexity index is 388. The smallest absolute Gasteiger partial charge is 0.124 e. The van der Waals surface area contributed by atoms with Crippen LogP contribution in [-0.2, 0) is 6.54 Å². The van der Waals surface area contributed by atoms with Crippen molar-refractivity contribution in [3.8, 4) is 5.75 Å². The zero-order valence-electron chi connectivity index (χ0n) is 11.2. The summed E-state index contributed by atoms with van der Waals surface area (Å²) in [6, 6.07) is 8.95. The molecule has 2 heteroatoms. The fourth-order valence-corrected chi connectivity index (χ4v) is 2.37. The van der Waals surface area contributed by atoms with E-state index in [1.807, 2.05) is 12.1 Å². The lowest BCUT2D eigenvalue weighted by Crippen LogP contribution is -2.18. The van der Waals surface area contributed by atoms with Crippen LogP contribution >= 0.6 is 0 Å². The van der Waals surface area contributed by atoms with Gasteiger partial charge in [-0.05, 0) is 24.8 Å². The van der Waals surface area contributed by atoms with E-state index in [1.54, 1.807) is 6.08 Å². The molecule has 1 fully saturated rings. The Morgan fingerprint density at radius 2 is 2.28 bits per heavy atom. The fourth-order valence-electron chi connectivity index (χ4n) is 2.37. The molecule has 2 rings (SSSR count). The van der Waals surface area contributed by atoms with Crippen molar-refractivity contribution in [3.63, 3.8) is 0 Å². The topological polar surface area (TPSA) is 21.3 Å². The van der Waals surface area contributed by atoms with E-state index in [4.69, 9.17) is 4.74 Å². The molecule has 2 atom stereocenters. The molecule has 0 bridgehead atoms. The van der Waals surface area contributed by atoms with Crippen LogP contribution in [0.1, 0.15) is 31.7 Å². The summed E-state index contributed by atoms with van der Waals surface area (Å²) in [4.78, 5) is 0. The van der Waals surface area contributed by atoms with Crippen molar-refractivity contribution in [1.82, 2.24) is 5.32 Å². The normalized spacial score (nSPS) is 21.6. The Balaban J connectivity index is 1.83. The Kier molecular flexibility index (Phi) is 4.82. The highest BCUT2D eigenvalue weighted by Crippen LogP contribution is 2.35. The largest absolute Gasteiger partial charge is 0.489 e. The predicted molar refractivity (Wildman–Crippen MR) is 75.8 cm³/mol. The van der Waals surface area contributed by atoms with Crippen LogP contribution in [0, 0.1) is 5.92 Å². The minimum Gasteiger partial charge on any atom is -0.489 e. The van der Waals surface area contributed by atoms with E-state index in [-0.39, 0.29) is 0 Å². The Hall–Kier alpha value is -1.28. The third-order valence-corrected chi connectivity index (χ3v) is 3.47.